The first-order valence-electron chi connectivity index (χ1n) is 6.04. The molecule has 1 aliphatic heterocycles. The molecule has 0 unspecified atom stereocenters. The van der Waals surface area contributed by atoms with E-state index in [1.165, 1.54) is 31.4 Å². The van der Waals surface area contributed by atoms with Gasteiger partial charge in [0, 0.05) is 17.1 Å². The molecule has 3 heteroatoms. The molecule has 16 heavy (non-hydrogen) atoms. The molecule has 2 nitrogen and oxygen atoms in total. The van der Waals surface area contributed by atoms with Crippen molar-refractivity contribution < 1.29 is 0 Å². The van der Waals surface area contributed by atoms with Crippen LogP contribution in [0.1, 0.15) is 32.6 Å². The molecule has 88 valence electrons. The minimum Gasteiger partial charge on any atom is -0.397 e. The highest BCUT2D eigenvalue weighted by Crippen LogP contribution is 2.32. The highest BCUT2D eigenvalue weighted by molar-refractivity contribution is 9.10. The van der Waals surface area contributed by atoms with Crippen LogP contribution in [0.5, 0.6) is 0 Å². The standard InChI is InChI=1S/C13H19BrN2/c1-2-11-5-3-4-8-16(11)13-7-6-10(14)9-12(13)15/h6-7,9,11H,2-5,8,15H2,1H3/t11-/m0/s1. The Balaban J connectivity index is 2.27. The normalized spacial score (nSPS) is 21.1. The molecule has 1 atom stereocenters. The predicted molar refractivity (Wildman–Crippen MR) is 73.8 cm³/mol. The third-order valence-electron chi connectivity index (χ3n) is 3.40. The quantitative estimate of drug-likeness (QED) is 0.836. The maximum absolute atomic E-state index is 6.10. The van der Waals surface area contributed by atoms with Crippen molar-refractivity contribution in [3.05, 3.63) is 22.7 Å². The molecule has 0 aliphatic carbocycles. The van der Waals surface area contributed by atoms with E-state index in [9.17, 15) is 0 Å². The average Bonchev–Trinajstić information content (AvgIpc) is 2.29. The maximum atomic E-state index is 6.10. The van der Waals surface area contributed by atoms with E-state index in [0.717, 1.165) is 16.7 Å². The first kappa shape index (κ1) is 11.8. The molecule has 1 aromatic carbocycles. The van der Waals surface area contributed by atoms with Crippen LogP contribution in [0.2, 0.25) is 0 Å². The number of nitrogens with two attached hydrogens (primary N) is 1. The third kappa shape index (κ3) is 2.34. The lowest BCUT2D eigenvalue weighted by atomic mass is 9.99. The SMILES string of the molecule is CC[C@H]1CCCCN1c1ccc(Br)cc1N. The van der Waals surface area contributed by atoms with Crippen molar-refractivity contribution in [2.24, 2.45) is 0 Å². The van der Waals surface area contributed by atoms with Gasteiger partial charge in [-0.1, -0.05) is 22.9 Å². The van der Waals surface area contributed by atoms with Gasteiger partial charge < -0.3 is 10.6 Å². The Bertz CT molecular complexity index is 365. The van der Waals surface area contributed by atoms with Crippen molar-refractivity contribution in [2.75, 3.05) is 17.2 Å². The summed E-state index contributed by atoms with van der Waals surface area (Å²) in [5.74, 6) is 0. The van der Waals surface area contributed by atoms with Crippen LogP contribution in [0, 0.1) is 0 Å². The Hall–Kier alpha value is -0.700. The van der Waals surface area contributed by atoms with Crippen molar-refractivity contribution in [1.82, 2.24) is 0 Å². The summed E-state index contributed by atoms with van der Waals surface area (Å²) in [7, 11) is 0. The van der Waals surface area contributed by atoms with Gasteiger partial charge in [0.2, 0.25) is 0 Å². The van der Waals surface area contributed by atoms with Crippen LogP contribution in [0.25, 0.3) is 0 Å². The van der Waals surface area contributed by atoms with Crippen molar-refractivity contribution in [3.8, 4) is 0 Å². The molecule has 1 aromatic rings. The summed E-state index contributed by atoms with van der Waals surface area (Å²) in [5.41, 5.74) is 8.18. The minimum atomic E-state index is 0.664. The van der Waals surface area contributed by atoms with E-state index in [1.54, 1.807) is 0 Å². The van der Waals surface area contributed by atoms with Gasteiger partial charge in [-0.3, -0.25) is 0 Å². The summed E-state index contributed by atoms with van der Waals surface area (Å²) < 4.78 is 1.05. The van der Waals surface area contributed by atoms with E-state index in [1.807, 2.05) is 6.07 Å². The van der Waals surface area contributed by atoms with Crippen molar-refractivity contribution in [2.45, 2.75) is 38.6 Å². The number of nitrogens with zero attached hydrogens (tertiary/aromatic N) is 1. The number of nitrogen functional groups attached to an aromatic ring is 1. The summed E-state index contributed by atoms with van der Waals surface area (Å²) in [6.45, 7) is 3.41. The zero-order chi connectivity index (χ0) is 11.5. The molecule has 0 aromatic heterocycles. The topological polar surface area (TPSA) is 29.3 Å². The lowest BCUT2D eigenvalue weighted by Crippen LogP contribution is -2.39. The van der Waals surface area contributed by atoms with Gasteiger partial charge in [-0.05, 0) is 43.9 Å². The lowest BCUT2D eigenvalue weighted by Gasteiger charge is -2.37. The molecule has 0 radical (unpaired) electrons. The fourth-order valence-corrected chi connectivity index (χ4v) is 2.91. The van der Waals surface area contributed by atoms with E-state index in [0.29, 0.717) is 6.04 Å². The highest BCUT2D eigenvalue weighted by atomic mass is 79.9. The monoisotopic (exact) mass is 282 g/mol. The Labute approximate surface area is 106 Å². The van der Waals surface area contributed by atoms with Gasteiger partial charge in [0.15, 0.2) is 0 Å². The molecule has 0 spiro atoms. The molecule has 0 amide bonds. The molecule has 2 N–H and O–H groups in total. The summed E-state index contributed by atoms with van der Waals surface area (Å²) in [4.78, 5) is 2.48. The smallest absolute Gasteiger partial charge is 0.0603 e. The Morgan fingerprint density at radius 3 is 2.94 bits per heavy atom. The summed E-state index contributed by atoms with van der Waals surface area (Å²) in [6.07, 6.45) is 5.14. The van der Waals surface area contributed by atoms with Crippen LogP contribution < -0.4 is 10.6 Å². The molecular formula is C13H19BrN2. The molecule has 0 saturated carbocycles. The van der Waals surface area contributed by atoms with Gasteiger partial charge in [-0.15, -0.1) is 0 Å². The minimum absolute atomic E-state index is 0.664. The third-order valence-corrected chi connectivity index (χ3v) is 3.89. The zero-order valence-corrected chi connectivity index (χ0v) is 11.3. The number of hydrogen-bond donors (Lipinski definition) is 1. The van der Waals surface area contributed by atoms with Gasteiger partial charge in [-0.2, -0.15) is 0 Å². The number of halogens is 1. The molecule has 2 rings (SSSR count). The summed E-state index contributed by atoms with van der Waals surface area (Å²) in [5, 5.41) is 0. The van der Waals surface area contributed by atoms with Crippen LogP contribution in [0.3, 0.4) is 0 Å². The van der Waals surface area contributed by atoms with Crippen LogP contribution in [-0.2, 0) is 0 Å². The summed E-state index contributed by atoms with van der Waals surface area (Å²) in [6, 6.07) is 6.87. The number of hydrogen-bond acceptors (Lipinski definition) is 2. The highest BCUT2D eigenvalue weighted by Gasteiger charge is 2.22. The van der Waals surface area contributed by atoms with Gasteiger partial charge in [0.05, 0.1) is 11.4 Å². The number of benzene rings is 1. The van der Waals surface area contributed by atoms with E-state index in [4.69, 9.17) is 5.73 Å². The molecule has 1 fully saturated rings. The van der Waals surface area contributed by atoms with Crippen molar-refractivity contribution in [1.29, 1.82) is 0 Å². The largest absolute Gasteiger partial charge is 0.397 e. The van der Waals surface area contributed by atoms with Gasteiger partial charge in [0.25, 0.3) is 0 Å². The van der Waals surface area contributed by atoms with Gasteiger partial charge in [-0.25, -0.2) is 0 Å². The Kier molecular flexibility index (Phi) is 3.74. The fraction of sp³-hybridized carbons (Fsp3) is 0.538. The molecular weight excluding hydrogens is 264 g/mol. The van der Waals surface area contributed by atoms with E-state index in [2.05, 4.69) is 39.9 Å². The molecule has 1 saturated heterocycles. The zero-order valence-electron chi connectivity index (χ0n) is 9.75. The van der Waals surface area contributed by atoms with E-state index in [-0.39, 0.29) is 0 Å². The lowest BCUT2D eigenvalue weighted by molar-refractivity contribution is 0.450. The van der Waals surface area contributed by atoms with Crippen molar-refractivity contribution in [3.63, 3.8) is 0 Å². The van der Waals surface area contributed by atoms with Crippen molar-refractivity contribution >= 4 is 27.3 Å². The second-order valence-corrected chi connectivity index (χ2v) is 5.37. The van der Waals surface area contributed by atoms with Crippen LogP contribution >= 0.6 is 15.9 Å². The summed E-state index contributed by atoms with van der Waals surface area (Å²) >= 11 is 3.45. The predicted octanol–water partition coefficient (Wildman–Crippen LogP) is 3.80. The van der Waals surface area contributed by atoms with E-state index < -0.39 is 0 Å². The first-order valence-corrected chi connectivity index (χ1v) is 6.83. The van der Waals surface area contributed by atoms with Crippen LogP contribution in [0.4, 0.5) is 11.4 Å². The van der Waals surface area contributed by atoms with Crippen LogP contribution in [0.15, 0.2) is 22.7 Å². The number of rotatable bonds is 2. The Morgan fingerprint density at radius 2 is 2.25 bits per heavy atom. The number of piperidine rings is 1. The van der Waals surface area contributed by atoms with E-state index >= 15 is 0 Å². The van der Waals surface area contributed by atoms with Crippen LogP contribution in [-0.4, -0.2) is 12.6 Å². The molecule has 1 heterocycles. The second-order valence-electron chi connectivity index (χ2n) is 4.45. The number of anilines is 2. The van der Waals surface area contributed by atoms with Gasteiger partial charge >= 0.3 is 0 Å². The molecule has 0 bridgehead atoms. The second kappa shape index (κ2) is 5.09. The first-order chi connectivity index (χ1) is 7.72. The fourth-order valence-electron chi connectivity index (χ4n) is 2.53. The average molecular weight is 283 g/mol. The van der Waals surface area contributed by atoms with Gasteiger partial charge in [0.1, 0.15) is 0 Å². The Morgan fingerprint density at radius 1 is 1.44 bits per heavy atom. The molecule has 1 aliphatic rings. The maximum Gasteiger partial charge on any atom is 0.0603 e.